The summed E-state index contributed by atoms with van der Waals surface area (Å²) in [5.41, 5.74) is 6.83. The molecule has 11 heteroatoms. The lowest BCUT2D eigenvalue weighted by molar-refractivity contribution is 0.415. The smallest absolute Gasteiger partial charge is 0.325 e. The highest BCUT2D eigenvalue weighted by Crippen LogP contribution is 2.56. The average Bonchev–Trinajstić information content (AvgIpc) is 3.12. The van der Waals surface area contributed by atoms with Gasteiger partial charge in [0.2, 0.25) is 5.96 Å². The molecule has 1 aromatic carbocycles. The molecule has 0 saturated heterocycles. The van der Waals surface area contributed by atoms with Crippen LogP contribution in [-0.4, -0.2) is 23.0 Å². The molecule has 0 fully saturated rings. The molecular formula is C14H13N6O2PS2. The summed E-state index contributed by atoms with van der Waals surface area (Å²) < 4.78 is 16.2. The second kappa shape index (κ2) is 6.14. The zero-order chi connectivity index (χ0) is 17.4. The predicted octanol–water partition coefficient (Wildman–Crippen LogP) is 3.16. The number of anilines is 2. The molecule has 2 aromatic heterocycles. The van der Waals surface area contributed by atoms with Crippen molar-refractivity contribution in [3.05, 3.63) is 36.5 Å². The SMILES string of the molecule is COc1ccc2nc(N/C(N)=N/P3(=S)Nc4ncccc4O3)sc2c1. The molecule has 0 saturated carbocycles. The molecule has 3 heterocycles. The Morgan fingerprint density at radius 2 is 2.36 bits per heavy atom. The molecule has 4 rings (SSSR count). The minimum Gasteiger partial charge on any atom is -0.497 e. The Labute approximate surface area is 152 Å². The van der Waals surface area contributed by atoms with E-state index >= 15 is 0 Å². The van der Waals surface area contributed by atoms with Crippen molar-refractivity contribution in [1.82, 2.24) is 9.97 Å². The summed E-state index contributed by atoms with van der Waals surface area (Å²) in [6, 6.07) is 9.20. The van der Waals surface area contributed by atoms with Gasteiger partial charge in [-0.2, -0.15) is 4.76 Å². The number of pyridine rings is 1. The molecule has 1 aliphatic heterocycles. The van der Waals surface area contributed by atoms with Gasteiger partial charge >= 0.3 is 6.57 Å². The van der Waals surface area contributed by atoms with E-state index in [4.69, 9.17) is 26.8 Å². The van der Waals surface area contributed by atoms with E-state index in [2.05, 4.69) is 25.1 Å². The molecule has 0 bridgehead atoms. The summed E-state index contributed by atoms with van der Waals surface area (Å²) in [7, 11) is 1.63. The molecule has 1 atom stereocenters. The average molecular weight is 392 g/mol. The number of nitrogens with zero attached hydrogens (tertiary/aromatic N) is 3. The van der Waals surface area contributed by atoms with E-state index in [1.165, 1.54) is 11.3 Å². The summed E-state index contributed by atoms with van der Waals surface area (Å²) >= 11 is 6.90. The second-order valence-electron chi connectivity index (χ2n) is 5.04. The molecule has 0 spiro atoms. The highest BCUT2D eigenvalue weighted by Gasteiger charge is 2.30. The van der Waals surface area contributed by atoms with Crippen molar-refractivity contribution in [2.45, 2.75) is 0 Å². The lowest BCUT2D eigenvalue weighted by atomic mass is 10.3. The molecular weight excluding hydrogens is 379 g/mol. The van der Waals surface area contributed by atoms with E-state index in [0.717, 1.165) is 16.0 Å². The Morgan fingerprint density at radius 1 is 1.48 bits per heavy atom. The van der Waals surface area contributed by atoms with Gasteiger partial charge in [-0.25, -0.2) is 9.97 Å². The van der Waals surface area contributed by atoms with Gasteiger partial charge in [-0.15, -0.1) is 0 Å². The number of rotatable bonds is 3. The van der Waals surface area contributed by atoms with Gasteiger partial charge in [0.1, 0.15) is 5.75 Å². The number of methoxy groups -OCH3 is 1. The summed E-state index contributed by atoms with van der Waals surface area (Å²) in [6.45, 7) is -2.71. The fourth-order valence-electron chi connectivity index (χ4n) is 2.25. The normalized spacial score (nSPS) is 19.2. The zero-order valence-electron chi connectivity index (χ0n) is 13.0. The van der Waals surface area contributed by atoms with Crippen LogP contribution in [0.2, 0.25) is 0 Å². The molecule has 25 heavy (non-hydrogen) atoms. The van der Waals surface area contributed by atoms with Crippen LogP contribution in [0.3, 0.4) is 0 Å². The lowest BCUT2D eigenvalue weighted by Gasteiger charge is -2.10. The Balaban J connectivity index is 1.55. The minimum absolute atomic E-state index is 0.134. The lowest BCUT2D eigenvalue weighted by Crippen LogP contribution is -2.22. The van der Waals surface area contributed by atoms with Gasteiger partial charge in [-0.1, -0.05) is 11.3 Å². The number of hydrogen-bond acceptors (Lipinski definition) is 6. The number of thiazole rings is 1. The Morgan fingerprint density at radius 3 is 3.16 bits per heavy atom. The summed E-state index contributed by atoms with van der Waals surface area (Å²) in [6.07, 6.45) is 1.65. The van der Waals surface area contributed by atoms with E-state index in [0.29, 0.717) is 16.7 Å². The summed E-state index contributed by atoms with van der Waals surface area (Å²) in [4.78, 5) is 8.62. The first-order valence-electron chi connectivity index (χ1n) is 7.15. The van der Waals surface area contributed by atoms with Crippen molar-refractivity contribution in [2.75, 3.05) is 17.5 Å². The van der Waals surface area contributed by atoms with E-state index < -0.39 is 6.57 Å². The maximum atomic E-state index is 5.99. The number of nitrogens with two attached hydrogens (primary N) is 1. The summed E-state index contributed by atoms with van der Waals surface area (Å²) in [5.74, 6) is 2.06. The van der Waals surface area contributed by atoms with Crippen molar-refractivity contribution in [2.24, 2.45) is 10.5 Å². The Hall–Kier alpha value is -2.42. The van der Waals surface area contributed by atoms with Crippen LogP contribution in [0.4, 0.5) is 10.9 Å². The van der Waals surface area contributed by atoms with Crippen LogP contribution in [0.25, 0.3) is 10.2 Å². The van der Waals surface area contributed by atoms with Crippen LogP contribution < -0.4 is 25.4 Å². The zero-order valence-corrected chi connectivity index (χ0v) is 15.5. The maximum absolute atomic E-state index is 5.99. The Bertz CT molecular complexity index is 1010. The molecule has 1 unspecified atom stereocenters. The molecule has 128 valence electrons. The van der Waals surface area contributed by atoms with Gasteiger partial charge in [0.25, 0.3) is 0 Å². The molecule has 0 radical (unpaired) electrons. The first-order chi connectivity index (χ1) is 12.0. The minimum atomic E-state index is -2.71. The van der Waals surface area contributed by atoms with Crippen molar-refractivity contribution in [3.8, 4) is 11.5 Å². The predicted molar refractivity (Wildman–Crippen MR) is 104 cm³/mol. The number of hydrogen-bond donors (Lipinski definition) is 3. The standard InChI is InChI=1S/C14H13N6O2PS2/c1-21-8-4-5-9-11(7-8)25-14(17-9)18-13(15)20-23(24)19-12-10(22-23)3-2-6-16-12/h2-7H,1H3,(H4,15,16,17,18,19,20,24). The molecule has 0 aliphatic carbocycles. The largest absolute Gasteiger partial charge is 0.497 e. The number of nitrogens with one attached hydrogen (secondary N) is 2. The van der Waals surface area contributed by atoms with E-state index in [1.54, 1.807) is 25.4 Å². The maximum Gasteiger partial charge on any atom is 0.325 e. The van der Waals surface area contributed by atoms with Crippen LogP contribution in [0.1, 0.15) is 0 Å². The third-order valence-electron chi connectivity index (χ3n) is 3.31. The molecule has 8 nitrogen and oxygen atoms in total. The van der Waals surface area contributed by atoms with Crippen LogP contribution in [0.15, 0.2) is 41.3 Å². The first-order valence-corrected chi connectivity index (χ1v) is 10.6. The third-order valence-corrected chi connectivity index (χ3v) is 6.40. The highest BCUT2D eigenvalue weighted by atomic mass is 32.4. The van der Waals surface area contributed by atoms with Crippen LogP contribution in [0, 0.1) is 0 Å². The molecule has 3 aromatic rings. The third kappa shape index (κ3) is 3.23. The number of benzene rings is 1. The number of ether oxygens (including phenoxy) is 1. The molecule has 0 amide bonds. The molecule has 1 aliphatic rings. The van der Waals surface area contributed by atoms with Gasteiger partial charge in [0, 0.05) is 6.20 Å². The van der Waals surface area contributed by atoms with Crippen LogP contribution in [0.5, 0.6) is 11.5 Å². The van der Waals surface area contributed by atoms with Crippen molar-refractivity contribution < 1.29 is 9.26 Å². The van der Waals surface area contributed by atoms with Crippen molar-refractivity contribution >= 4 is 56.8 Å². The van der Waals surface area contributed by atoms with Gasteiger partial charge in [0.05, 0.1) is 17.3 Å². The number of guanidine groups is 1. The molecule has 4 N–H and O–H groups in total. The van der Waals surface area contributed by atoms with Gasteiger partial charge in [0.15, 0.2) is 16.7 Å². The fraction of sp³-hybridized carbons (Fsp3) is 0.0714. The highest BCUT2D eigenvalue weighted by molar-refractivity contribution is 8.12. The number of aromatic nitrogens is 2. The van der Waals surface area contributed by atoms with Crippen molar-refractivity contribution in [3.63, 3.8) is 0 Å². The van der Waals surface area contributed by atoms with Crippen LogP contribution in [-0.2, 0) is 11.8 Å². The van der Waals surface area contributed by atoms with E-state index in [-0.39, 0.29) is 5.96 Å². The topological polar surface area (TPSA) is 107 Å². The summed E-state index contributed by atoms with van der Waals surface area (Å²) in [5, 5.41) is 6.60. The Kier molecular flexibility index (Phi) is 3.95. The second-order valence-corrected chi connectivity index (χ2v) is 9.20. The van der Waals surface area contributed by atoms with Crippen molar-refractivity contribution in [1.29, 1.82) is 0 Å². The number of fused-ring (bicyclic) bond motifs is 2. The first kappa shape index (κ1) is 16.1. The van der Waals surface area contributed by atoms with E-state index in [9.17, 15) is 0 Å². The quantitative estimate of drug-likeness (QED) is 0.355. The fourth-order valence-corrected chi connectivity index (χ4v) is 5.23. The van der Waals surface area contributed by atoms with Gasteiger partial charge in [-0.3, -0.25) is 5.09 Å². The van der Waals surface area contributed by atoms with Gasteiger partial charge < -0.3 is 20.3 Å². The monoisotopic (exact) mass is 392 g/mol. The van der Waals surface area contributed by atoms with E-state index in [1.807, 2.05) is 18.2 Å². The van der Waals surface area contributed by atoms with Crippen LogP contribution >= 0.6 is 17.9 Å². The van der Waals surface area contributed by atoms with Gasteiger partial charge in [-0.05, 0) is 42.1 Å².